The fourth-order valence-electron chi connectivity index (χ4n) is 1.41. The largest absolute Gasteiger partial charge is 0.445 e. The highest BCUT2D eigenvalue weighted by Gasteiger charge is 2.04. The van der Waals surface area contributed by atoms with Gasteiger partial charge in [-0.3, -0.25) is 10.3 Å². The third kappa shape index (κ3) is 4.93. The summed E-state index contributed by atoms with van der Waals surface area (Å²) in [5.41, 5.74) is 2.46. The summed E-state index contributed by atoms with van der Waals surface area (Å²) < 4.78 is 10.0. The standard InChI is InChI=1S/C14H18N2O3/c1-4-12-8-11(6-7-13(12)15-3)9-19-14(17)16-10-18-5-2/h4,6-8H,1,3,5,9-10H2,2H3,(H,16,17). The van der Waals surface area contributed by atoms with E-state index in [1.165, 1.54) is 0 Å². The Morgan fingerprint density at radius 1 is 1.53 bits per heavy atom. The van der Waals surface area contributed by atoms with Crippen LogP contribution in [0.15, 0.2) is 29.8 Å². The maximum Gasteiger partial charge on any atom is 0.409 e. The topological polar surface area (TPSA) is 59.9 Å². The monoisotopic (exact) mass is 262 g/mol. The van der Waals surface area contributed by atoms with Gasteiger partial charge >= 0.3 is 6.09 Å². The van der Waals surface area contributed by atoms with E-state index in [-0.39, 0.29) is 13.3 Å². The maximum absolute atomic E-state index is 11.3. The molecule has 0 heterocycles. The normalized spacial score (nSPS) is 9.74. The zero-order valence-corrected chi connectivity index (χ0v) is 11.0. The Morgan fingerprint density at radius 2 is 2.32 bits per heavy atom. The van der Waals surface area contributed by atoms with E-state index < -0.39 is 6.09 Å². The highest BCUT2D eigenvalue weighted by Crippen LogP contribution is 2.21. The molecule has 0 saturated heterocycles. The van der Waals surface area contributed by atoms with Gasteiger partial charge in [-0.25, -0.2) is 4.79 Å². The third-order valence-electron chi connectivity index (χ3n) is 2.37. The van der Waals surface area contributed by atoms with Gasteiger partial charge in [-0.1, -0.05) is 18.7 Å². The molecule has 0 aliphatic carbocycles. The van der Waals surface area contributed by atoms with Gasteiger partial charge in [-0.05, 0) is 36.9 Å². The Kier molecular flexibility index (Phi) is 6.32. The predicted octanol–water partition coefficient (Wildman–Crippen LogP) is 2.88. The van der Waals surface area contributed by atoms with Crippen molar-refractivity contribution < 1.29 is 14.3 Å². The van der Waals surface area contributed by atoms with Crippen LogP contribution in [0.2, 0.25) is 0 Å². The molecular weight excluding hydrogens is 244 g/mol. The van der Waals surface area contributed by atoms with Crippen molar-refractivity contribution in [3.05, 3.63) is 35.9 Å². The molecule has 0 aromatic heterocycles. The summed E-state index contributed by atoms with van der Waals surface area (Å²) in [6, 6.07) is 5.49. The quantitative estimate of drug-likeness (QED) is 0.467. The first-order valence-electron chi connectivity index (χ1n) is 5.91. The molecule has 19 heavy (non-hydrogen) atoms. The zero-order chi connectivity index (χ0) is 14.1. The van der Waals surface area contributed by atoms with Crippen LogP contribution >= 0.6 is 0 Å². The Hall–Kier alpha value is -2.14. The van der Waals surface area contributed by atoms with E-state index in [9.17, 15) is 4.79 Å². The summed E-state index contributed by atoms with van der Waals surface area (Å²) in [5.74, 6) is 0. The molecule has 1 rings (SSSR count). The number of nitrogens with zero attached hydrogens (tertiary/aromatic N) is 1. The molecule has 5 heteroatoms. The molecule has 1 aromatic carbocycles. The van der Waals surface area contributed by atoms with Crippen LogP contribution in [-0.4, -0.2) is 26.1 Å². The molecule has 0 unspecified atom stereocenters. The van der Waals surface area contributed by atoms with Gasteiger partial charge in [0.15, 0.2) is 0 Å². The number of amides is 1. The van der Waals surface area contributed by atoms with Crippen molar-refractivity contribution in [1.29, 1.82) is 0 Å². The summed E-state index contributed by atoms with van der Waals surface area (Å²) in [6.07, 6.45) is 1.17. The SMILES string of the molecule is C=Cc1cc(COC(=O)NCOCC)ccc1N=C. The van der Waals surface area contributed by atoms with Gasteiger partial charge in [-0.15, -0.1) is 0 Å². The molecule has 0 aliphatic rings. The van der Waals surface area contributed by atoms with E-state index in [1.54, 1.807) is 12.1 Å². The van der Waals surface area contributed by atoms with Crippen molar-refractivity contribution in [3.63, 3.8) is 0 Å². The highest BCUT2D eigenvalue weighted by atomic mass is 16.6. The van der Waals surface area contributed by atoms with Crippen molar-refractivity contribution >= 4 is 24.6 Å². The predicted molar refractivity (Wildman–Crippen MR) is 75.6 cm³/mol. The first kappa shape index (κ1) is 14.9. The number of ether oxygens (including phenoxy) is 2. The van der Waals surface area contributed by atoms with E-state index in [2.05, 4.69) is 23.6 Å². The van der Waals surface area contributed by atoms with Crippen LogP contribution in [0.25, 0.3) is 6.08 Å². The van der Waals surface area contributed by atoms with Crippen LogP contribution in [0.4, 0.5) is 10.5 Å². The number of rotatable bonds is 7. The number of hydrogen-bond acceptors (Lipinski definition) is 4. The van der Waals surface area contributed by atoms with Crippen LogP contribution in [0.5, 0.6) is 0 Å². The van der Waals surface area contributed by atoms with Gasteiger partial charge in [0, 0.05) is 6.61 Å². The minimum Gasteiger partial charge on any atom is -0.445 e. The summed E-state index contributed by atoms with van der Waals surface area (Å²) in [7, 11) is 0. The summed E-state index contributed by atoms with van der Waals surface area (Å²) in [5, 5.41) is 2.47. The molecule has 0 saturated carbocycles. The molecule has 1 amide bonds. The smallest absolute Gasteiger partial charge is 0.409 e. The van der Waals surface area contributed by atoms with E-state index in [0.717, 1.165) is 16.8 Å². The number of carbonyl (C=O) groups excluding carboxylic acids is 1. The number of nitrogens with one attached hydrogen (secondary N) is 1. The van der Waals surface area contributed by atoms with Gasteiger partial charge in [-0.2, -0.15) is 0 Å². The lowest BCUT2D eigenvalue weighted by atomic mass is 10.1. The summed E-state index contributed by atoms with van der Waals surface area (Å²) >= 11 is 0. The number of alkyl carbamates (subject to hydrolysis) is 1. The molecule has 0 radical (unpaired) electrons. The molecule has 0 aliphatic heterocycles. The number of benzene rings is 1. The Morgan fingerprint density at radius 3 is 2.95 bits per heavy atom. The van der Waals surface area contributed by atoms with Crippen molar-refractivity contribution in [2.24, 2.45) is 4.99 Å². The number of carbonyl (C=O) groups is 1. The second kappa shape index (κ2) is 8.05. The van der Waals surface area contributed by atoms with Crippen LogP contribution in [-0.2, 0) is 16.1 Å². The van der Waals surface area contributed by atoms with Gasteiger partial charge in [0.1, 0.15) is 13.3 Å². The molecule has 5 nitrogen and oxygen atoms in total. The zero-order valence-electron chi connectivity index (χ0n) is 11.0. The third-order valence-corrected chi connectivity index (χ3v) is 2.37. The highest BCUT2D eigenvalue weighted by molar-refractivity contribution is 5.67. The first-order valence-corrected chi connectivity index (χ1v) is 5.91. The van der Waals surface area contributed by atoms with E-state index in [0.29, 0.717) is 6.61 Å². The van der Waals surface area contributed by atoms with E-state index >= 15 is 0 Å². The molecule has 0 atom stereocenters. The van der Waals surface area contributed by atoms with E-state index in [1.807, 2.05) is 19.1 Å². The maximum atomic E-state index is 11.3. The molecule has 102 valence electrons. The van der Waals surface area contributed by atoms with Crippen molar-refractivity contribution in [3.8, 4) is 0 Å². The van der Waals surface area contributed by atoms with Gasteiger partial charge < -0.3 is 9.47 Å². The van der Waals surface area contributed by atoms with Gasteiger partial charge in [0.2, 0.25) is 0 Å². The van der Waals surface area contributed by atoms with E-state index in [4.69, 9.17) is 9.47 Å². The minimum atomic E-state index is -0.514. The molecule has 0 spiro atoms. The van der Waals surface area contributed by atoms with Gasteiger partial charge in [0.05, 0.1) is 5.69 Å². The lowest BCUT2D eigenvalue weighted by Gasteiger charge is -2.08. The Bertz CT molecular complexity index is 458. The molecule has 0 bridgehead atoms. The Labute approximate surface area is 112 Å². The van der Waals surface area contributed by atoms with Gasteiger partial charge in [0.25, 0.3) is 0 Å². The lowest BCUT2D eigenvalue weighted by molar-refractivity contribution is 0.0987. The fraction of sp³-hybridized carbons (Fsp3) is 0.286. The molecule has 1 N–H and O–H groups in total. The molecular formula is C14H18N2O3. The van der Waals surface area contributed by atoms with Crippen LogP contribution in [0.1, 0.15) is 18.1 Å². The summed E-state index contributed by atoms with van der Waals surface area (Å²) in [4.78, 5) is 15.2. The van der Waals surface area contributed by atoms with Crippen LogP contribution < -0.4 is 5.32 Å². The number of aliphatic imine (C=N–C) groups is 1. The van der Waals surface area contributed by atoms with Crippen molar-refractivity contribution in [2.45, 2.75) is 13.5 Å². The fourth-order valence-corrected chi connectivity index (χ4v) is 1.41. The average Bonchev–Trinajstić information content (AvgIpc) is 2.45. The lowest BCUT2D eigenvalue weighted by Crippen LogP contribution is -2.26. The minimum absolute atomic E-state index is 0.145. The second-order valence-corrected chi connectivity index (χ2v) is 3.65. The average molecular weight is 262 g/mol. The van der Waals surface area contributed by atoms with Crippen molar-refractivity contribution in [2.75, 3.05) is 13.3 Å². The second-order valence-electron chi connectivity index (χ2n) is 3.65. The Balaban J connectivity index is 2.51. The molecule has 1 aromatic rings. The summed E-state index contributed by atoms with van der Waals surface area (Å²) in [6.45, 7) is 9.89. The molecule has 0 fully saturated rings. The number of hydrogen-bond donors (Lipinski definition) is 1. The first-order chi connectivity index (χ1) is 9.21. The van der Waals surface area contributed by atoms with Crippen molar-refractivity contribution in [1.82, 2.24) is 5.32 Å². The van der Waals surface area contributed by atoms with Crippen LogP contribution in [0, 0.1) is 0 Å². The van der Waals surface area contributed by atoms with Crippen LogP contribution in [0.3, 0.4) is 0 Å².